The normalized spacial score (nSPS) is 12.8. The molecule has 0 aromatic heterocycles. The Balaban J connectivity index is 2.02. The number of nitrogens with one attached hydrogen (secondary N) is 1. The molecule has 0 radical (unpaired) electrons. The third-order valence-corrected chi connectivity index (χ3v) is 3.09. The Morgan fingerprint density at radius 3 is 2.10 bits per heavy atom. The highest BCUT2D eigenvalue weighted by molar-refractivity contribution is 6.30. The van der Waals surface area contributed by atoms with Gasteiger partial charge < -0.3 is 10.1 Å². The Hall–Kier alpha value is -1.88. The van der Waals surface area contributed by atoms with E-state index in [2.05, 4.69) is 10.1 Å². The number of ether oxygens (including phenoxy) is 1. The zero-order valence-corrected chi connectivity index (χ0v) is 11.9. The van der Waals surface area contributed by atoms with Gasteiger partial charge in [-0.3, -0.25) is 0 Å². The summed E-state index contributed by atoms with van der Waals surface area (Å²) in [5.41, 5.74) is 1.72. The first-order valence-corrected chi connectivity index (χ1v) is 6.59. The van der Waals surface area contributed by atoms with E-state index in [1.54, 1.807) is 24.3 Å². The van der Waals surface area contributed by atoms with Gasteiger partial charge in [0.25, 0.3) is 0 Å². The van der Waals surface area contributed by atoms with E-state index >= 15 is 0 Å². The third-order valence-electron chi connectivity index (χ3n) is 2.84. The molecular formula is C15H13ClF3NO. The van der Waals surface area contributed by atoms with E-state index in [1.165, 1.54) is 12.1 Å². The maximum atomic E-state index is 12.1. The molecular weight excluding hydrogens is 303 g/mol. The summed E-state index contributed by atoms with van der Waals surface area (Å²) in [6.07, 6.45) is -4.67. The second-order valence-corrected chi connectivity index (χ2v) is 4.93. The second-order valence-electron chi connectivity index (χ2n) is 4.49. The molecule has 0 aliphatic heterocycles. The standard InChI is InChI=1S/C15H13ClF3NO/c1-10(20-13-6-4-12(16)5-7-13)11-2-8-14(9-3-11)21-15(17,18)19/h2-10,20H,1H3. The number of hydrogen-bond donors (Lipinski definition) is 1. The number of hydrogen-bond acceptors (Lipinski definition) is 2. The van der Waals surface area contributed by atoms with Crippen LogP contribution < -0.4 is 10.1 Å². The number of halogens is 4. The fourth-order valence-electron chi connectivity index (χ4n) is 1.84. The lowest BCUT2D eigenvalue weighted by Gasteiger charge is -2.16. The lowest BCUT2D eigenvalue weighted by molar-refractivity contribution is -0.274. The molecule has 2 aromatic rings. The van der Waals surface area contributed by atoms with Crippen molar-refractivity contribution >= 4 is 17.3 Å². The summed E-state index contributed by atoms with van der Waals surface area (Å²) < 4.78 is 40.1. The van der Waals surface area contributed by atoms with Gasteiger partial charge in [0.05, 0.1) is 0 Å². The molecule has 112 valence electrons. The van der Waals surface area contributed by atoms with Crippen LogP contribution in [0, 0.1) is 0 Å². The van der Waals surface area contributed by atoms with Crippen LogP contribution in [-0.2, 0) is 0 Å². The van der Waals surface area contributed by atoms with Gasteiger partial charge in [-0.15, -0.1) is 13.2 Å². The van der Waals surface area contributed by atoms with Crippen molar-refractivity contribution in [3.63, 3.8) is 0 Å². The predicted octanol–water partition coefficient (Wildman–Crippen LogP) is 5.41. The summed E-state index contributed by atoms with van der Waals surface area (Å²) in [5.74, 6) is -0.232. The smallest absolute Gasteiger partial charge is 0.406 e. The third kappa shape index (κ3) is 4.86. The van der Waals surface area contributed by atoms with E-state index in [0.717, 1.165) is 11.3 Å². The van der Waals surface area contributed by atoms with Gasteiger partial charge in [-0.25, -0.2) is 0 Å². The van der Waals surface area contributed by atoms with Crippen molar-refractivity contribution in [2.24, 2.45) is 0 Å². The van der Waals surface area contributed by atoms with Gasteiger partial charge in [0.1, 0.15) is 5.75 Å². The Bertz CT molecular complexity index is 581. The van der Waals surface area contributed by atoms with Crippen LogP contribution in [0.15, 0.2) is 48.5 Å². The number of rotatable bonds is 4. The Morgan fingerprint density at radius 2 is 1.57 bits per heavy atom. The quantitative estimate of drug-likeness (QED) is 0.814. The van der Waals surface area contributed by atoms with Gasteiger partial charge in [0.2, 0.25) is 0 Å². The van der Waals surface area contributed by atoms with Crippen molar-refractivity contribution in [3.05, 3.63) is 59.1 Å². The number of alkyl halides is 3. The highest BCUT2D eigenvalue weighted by Crippen LogP contribution is 2.26. The summed E-state index contributed by atoms with van der Waals surface area (Å²) >= 11 is 5.80. The van der Waals surface area contributed by atoms with E-state index in [9.17, 15) is 13.2 Å². The molecule has 1 atom stereocenters. The van der Waals surface area contributed by atoms with E-state index in [1.807, 2.05) is 19.1 Å². The van der Waals surface area contributed by atoms with Gasteiger partial charge in [-0.2, -0.15) is 0 Å². The Kier molecular flexibility index (Phi) is 4.63. The van der Waals surface area contributed by atoms with Crippen LogP contribution in [0.4, 0.5) is 18.9 Å². The largest absolute Gasteiger partial charge is 0.573 e. The number of anilines is 1. The summed E-state index contributed by atoms with van der Waals surface area (Å²) in [6.45, 7) is 1.91. The van der Waals surface area contributed by atoms with Crippen LogP contribution in [-0.4, -0.2) is 6.36 Å². The summed E-state index contributed by atoms with van der Waals surface area (Å²) in [6, 6.07) is 12.9. The molecule has 0 saturated heterocycles. The maximum absolute atomic E-state index is 12.1. The topological polar surface area (TPSA) is 21.3 Å². The first-order chi connectivity index (χ1) is 9.83. The summed E-state index contributed by atoms with van der Waals surface area (Å²) in [5, 5.41) is 3.87. The van der Waals surface area contributed by atoms with Crippen molar-refractivity contribution < 1.29 is 17.9 Å². The minimum Gasteiger partial charge on any atom is -0.406 e. The van der Waals surface area contributed by atoms with Crippen LogP contribution in [0.1, 0.15) is 18.5 Å². The molecule has 6 heteroatoms. The average molecular weight is 316 g/mol. The molecule has 2 nitrogen and oxygen atoms in total. The lowest BCUT2D eigenvalue weighted by atomic mass is 10.1. The van der Waals surface area contributed by atoms with Gasteiger partial charge >= 0.3 is 6.36 Å². The molecule has 21 heavy (non-hydrogen) atoms. The van der Waals surface area contributed by atoms with Crippen LogP contribution in [0.5, 0.6) is 5.75 Å². The van der Waals surface area contributed by atoms with Crippen molar-refractivity contribution in [2.75, 3.05) is 5.32 Å². The zero-order valence-electron chi connectivity index (χ0n) is 11.1. The fraction of sp³-hybridized carbons (Fsp3) is 0.200. The molecule has 0 aliphatic carbocycles. The first kappa shape index (κ1) is 15.5. The van der Waals surface area contributed by atoms with Crippen molar-refractivity contribution in [2.45, 2.75) is 19.3 Å². The molecule has 2 aromatic carbocycles. The second kappa shape index (κ2) is 6.26. The molecule has 1 N–H and O–H groups in total. The van der Waals surface area contributed by atoms with E-state index in [4.69, 9.17) is 11.6 Å². The van der Waals surface area contributed by atoms with E-state index < -0.39 is 6.36 Å². The fourth-order valence-corrected chi connectivity index (χ4v) is 1.96. The van der Waals surface area contributed by atoms with Gasteiger partial charge in [-0.1, -0.05) is 23.7 Å². The number of benzene rings is 2. The molecule has 0 saturated carbocycles. The Morgan fingerprint density at radius 1 is 1.00 bits per heavy atom. The molecule has 0 bridgehead atoms. The van der Waals surface area contributed by atoms with Gasteiger partial charge in [0, 0.05) is 16.8 Å². The predicted molar refractivity (Wildman–Crippen MR) is 76.6 cm³/mol. The lowest BCUT2D eigenvalue weighted by Crippen LogP contribution is -2.17. The van der Waals surface area contributed by atoms with Crippen LogP contribution in [0.2, 0.25) is 5.02 Å². The monoisotopic (exact) mass is 315 g/mol. The minimum absolute atomic E-state index is 0.0638. The highest BCUT2D eigenvalue weighted by Gasteiger charge is 2.30. The van der Waals surface area contributed by atoms with E-state index in [-0.39, 0.29) is 11.8 Å². The van der Waals surface area contributed by atoms with E-state index in [0.29, 0.717) is 5.02 Å². The van der Waals surface area contributed by atoms with Crippen LogP contribution in [0.25, 0.3) is 0 Å². The Labute approximate surface area is 125 Å². The molecule has 2 rings (SSSR count). The molecule has 0 amide bonds. The molecule has 1 unspecified atom stereocenters. The average Bonchev–Trinajstić information content (AvgIpc) is 2.40. The van der Waals surface area contributed by atoms with Crippen LogP contribution >= 0.6 is 11.6 Å². The first-order valence-electron chi connectivity index (χ1n) is 6.21. The minimum atomic E-state index is -4.67. The summed E-state index contributed by atoms with van der Waals surface area (Å²) in [7, 11) is 0. The molecule has 0 fully saturated rings. The molecule has 0 aliphatic rings. The zero-order chi connectivity index (χ0) is 15.5. The van der Waals surface area contributed by atoms with Crippen molar-refractivity contribution in [1.29, 1.82) is 0 Å². The van der Waals surface area contributed by atoms with Gasteiger partial charge in [-0.05, 0) is 48.9 Å². The molecule has 0 spiro atoms. The van der Waals surface area contributed by atoms with Crippen LogP contribution in [0.3, 0.4) is 0 Å². The molecule has 0 heterocycles. The van der Waals surface area contributed by atoms with Gasteiger partial charge in [0.15, 0.2) is 0 Å². The van der Waals surface area contributed by atoms with Crippen molar-refractivity contribution in [1.82, 2.24) is 0 Å². The summed E-state index contributed by atoms with van der Waals surface area (Å²) in [4.78, 5) is 0. The maximum Gasteiger partial charge on any atom is 0.573 e. The SMILES string of the molecule is CC(Nc1ccc(Cl)cc1)c1ccc(OC(F)(F)F)cc1. The van der Waals surface area contributed by atoms with Crippen molar-refractivity contribution in [3.8, 4) is 5.75 Å². The highest BCUT2D eigenvalue weighted by atomic mass is 35.5.